The number of aryl methyl sites for hydroxylation is 1. The zero-order chi connectivity index (χ0) is 16.2. The molecule has 0 spiro atoms. The standard InChI is InChI=1S/C16H16N4O2S/c1-10-8-23-15-14(10)17-9-18-16(15)20-19-7-11-4-5-12(21-2)13(6-11)22-3/h4-6,8-9H,7H2,1-3H3. The number of methoxy groups -OCH3 is 2. The maximum atomic E-state index is 5.29. The normalized spacial score (nSPS) is 11.3. The van der Waals surface area contributed by atoms with Gasteiger partial charge >= 0.3 is 0 Å². The lowest BCUT2D eigenvalue weighted by Gasteiger charge is -2.08. The number of hydrogen-bond acceptors (Lipinski definition) is 7. The summed E-state index contributed by atoms with van der Waals surface area (Å²) >= 11 is 1.58. The van der Waals surface area contributed by atoms with E-state index in [1.165, 1.54) is 6.33 Å². The lowest BCUT2D eigenvalue weighted by molar-refractivity contribution is 0.354. The number of aromatic nitrogens is 2. The Morgan fingerprint density at radius 1 is 1.13 bits per heavy atom. The molecule has 2 aromatic heterocycles. The zero-order valence-electron chi connectivity index (χ0n) is 13.1. The highest BCUT2D eigenvalue weighted by Crippen LogP contribution is 2.31. The van der Waals surface area contributed by atoms with Crippen molar-refractivity contribution in [2.45, 2.75) is 13.5 Å². The van der Waals surface area contributed by atoms with Crippen LogP contribution in [0.15, 0.2) is 40.1 Å². The Kier molecular flexibility index (Phi) is 4.47. The second-order valence-corrected chi connectivity index (χ2v) is 5.76. The van der Waals surface area contributed by atoms with Crippen LogP contribution < -0.4 is 9.47 Å². The molecule has 0 aliphatic carbocycles. The van der Waals surface area contributed by atoms with E-state index in [4.69, 9.17) is 9.47 Å². The molecule has 0 atom stereocenters. The Hall–Kier alpha value is -2.54. The Labute approximate surface area is 137 Å². The zero-order valence-corrected chi connectivity index (χ0v) is 13.9. The van der Waals surface area contributed by atoms with E-state index >= 15 is 0 Å². The summed E-state index contributed by atoms with van der Waals surface area (Å²) in [5.74, 6) is 1.98. The van der Waals surface area contributed by atoms with Crippen LogP contribution in [-0.4, -0.2) is 24.2 Å². The van der Waals surface area contributed by atoms with Gasteiger partial charge in [-0.05, 0) is 35.6 Å². The van der Waals surface area contributed by atoms with Crippen LogP contribution in [0.4, 0.5) is 5.82 Å². The molecule has 0 radical (unpaired) electrons. The van der Waals surface area contributed by atoms with Gasteiger partial charge in [0.05, 0.1) is 31.0 Å². The van der Waals surface area contributed by atoms with Crippen molar-refractivity contribution >= 4 is 27.4 Å². The van der Waals surface area contributed by atoms with Gasteiger partial charge in [0.1, 0.15) is 6.33 Å². The first-order chi connectivity index (χ1) is 11.2. The third-order valence-corrected chi connectivity index (χ3v) is 4.46. The highest BCUT2D eigenvalue weighted by atomic mass is 32.1. The third-order valence-electron chi connectivity index (χ3n) is 3.38. The summed E-state index contributed by atoms with van der Waals surface area (Å²) in [5, 5.41) is 10.5. The van der Waals surface area contributed by atoms with Gasteiger partial charge in [-0.2, -0.15) is 5.11 Å². The molecule has 23 heavy (non-hydrogen) atoms. The van der Waals surface area contributed by atoms with Crippen LogP contribution in [-0.2, 0) is 6.54 Å². The highest BCUT2D eigenvalue weighted by molar-refractivity contribution is 7.17. The van der Waals surface area contributed by atoms with Gasteiger partial charge in [0.25, 0.3) is 0 Å². The predicted octanol–water partition coefficient (Wildman–Crippen LogP) is 4.30. The SMILES string of the molecule is COc1ccc(CN=Nc2ncnc3c(C)csc23)cc1OC. The van der Waals surface area contributed by atoms with Crippen molar-refractivity contribution < 1.29 is 9.47 Å². The average molecular weight is 328 g/mol. The summed E-state index contributed by atoms with van der Waals surface area (Å²) in [6, 6.07) is 5.68. The van der Waals surface area contributed by atoms with E-state index in [-0.39, 0.29) is 0 Å². The maximum absolute atomic E-state index is 5.29. The van der Waals surface area contributed by atoms with Crippen LogP contribution in [0, 0.1) is 6.92 Å². The Bertz CT molecular complexity index is 860. The van der Waals surface area contributed by atoms with Crippen molar-refractivity contribution in [3.63, 3.8) is 0 Å². The molecule has 0 aliphatic heterocycles. The van der Waals surface area contributed by atoms with E-state index in [0.29, 0.717) is 23.9 Å². The molecule has 0 N–H and O–H groups in total. The van der Waals surface area contributed by atoms with Gasteiger partial charge in [-0.25, -0.2) is 9.97 Å². The first-order valence-corrected chi connectivity index (χ1v) is 7.88. The fourth-order valence-corrected chi connectivity index (χ4v) is 3.12. The number of rotatable bonds is 5. The van der Waals surface area contributed by atoms with Gasteiger partial charge in [-0.1, -0.05) is 6.07 Å². The molecule has 3 aromatic rings. The lowest BCUT2D eigenvalue weighted by atomic mass is 10.2. The molecular weight excluding hydrogens is 312 g/mol. The van der Waals surface area contributed by atoms with E-state index in [1.54, 1.807) is 25.6 Å². The smallest absolute Gasteiger partial charge is 0.195 e. The molecule has 3 rings (SSSR count). The molecule has 0 fully saturated rings. The molecule has 0 saturated heterocycles. The average Bonchev–Trinajstić information content (AvgIpc) is 2.97. The minimum absolute atomic E-state index is 0.441. The number of azo groups is 1. The van der Waals surface area contributed by atoms with Gasteiger partial charge in [0.2, 0.25) is 0 Å². The van der Waals surface area contributed by atoms with Gasteiger partial charge in [-0.3, -0.25) is 0 Å². The van der Waals surface area contributed by atoms with Crippen LogP contribution in [0.1, 0.15) is 11.1 Å². The molecule has 7 heteroatoms. The highest BCUT2D eigenvalue weighted by Gasteiger charge is 2.07. The summed E-state index contributed by atoms with van der Waals surface area (Å²) in [5.41, 5.74) is 3.05. The van der Waals surface area contributed by atoms with Crippen molar-refractivity contribution in [2.24, 2.45) is 10.2 Å². The second-order valence-electron chi connectivity index (χ2n) is 4.88. The molecule has 0 bridgehead atoms. The Morgan fingerprint density at radius 3 is 2.74 bits per heavy atom. The molecule has 118 valence electrons. The van der Waals surface area contributed by atoms with Crippen molar-refractivity contribution in [2.75, 3.05) is 14.2 Å². The van der Waals surface area contributed by atoms with Gasteiger partial charge in [0.15, 0.2) is 17.3 Å². The quantitative estimate of drug-likeness (QED) is 0.655. The van der Waals surface area contributed by atoms with Crippen molar-refractivity contribution in [1.29, 1.82) is 0 Å². The van der Waals surface area contributed by atoms with Crippen LogP contribution in [0.25, 0.3) is 10.2 Å². The Morgan fingerprint density at radius 2 is 1.96 bits per heavy atom. The predicted molar refractivity (Wildman–Crippen MR) is 89.9 cm³/mol. The second kappa shape index (κ2) is 6.70. The van der Waals surface area contributed by atoms with Crippen LogP contribution in [0.3, 0.4) is 0 Å². The molecule has 0 aliphatic rings. The summed E-state index contributed by atoms with van der Waals surface area (Å²) in [4.78, 5) is 8.48. The summed E-state index contributed by atoms with van der Waals surface area (Å²) in [6.07, 6.45) is 1.52. The Balaban J connectivity index is 1.81. The van der Waals surface area contributed by atoms with Gasteiger partial charge in [-0.15, -0.1) is 16.5 Å². The molecule has 0 saturated carbocycles. The molecule has 1 aromatic carbocycles. The lowest BCUT2D eigenvalue weighted by Crippen LogP contribution is -1.91. The summed E-state index contributed by atoms with van der Waals surface area (Å²) in [7, 11) is 3.22. The van der Waals surface area contributed by atoms with E-state index in [0.717, 1.165) is 21.3 Å². The minimum Gasteiger partial charge on any atom is -0.493 e. The van der Waals surface area contributed by atoms with Crippen LogP contribution in [0.2, 0.25) is 0 Å². The number of nitrogens with zero attached hydrogens (tertiary/aromatic N) is 4. The van der Waals surface area contributed by atoms with Gasteiger partial charge in [0, 0.05) is 0 Å². The molecular formula is C16H16N4O2S. The fraction of sp³-hybridized carbons (Fsp3) is 0.250. The molecule has 0 amide bonds. The van der Waals surface area contributed by atoms with E-state index in [9.17, 15) is 0 Å². The number of ether oxygens (including phenoxy) is 2. The van der Waals surface area contributed by atoms with Crippen LogP contribution in [0.5, 0.6) is 11.5 Å². The maximum Gasteiger partial charge on any atom is 0.195 e. The number of thiophene rings is 1. The first kappa shape index (κ1) is 15.4. The molecule has 6 nitrogen and oxygen atoms in total. The topological polar surface area (TPSA) is 69.0 Å². The van der Waals surface area contributed by atoms with E-state index in [2.05, 4.69) is 20.2 Å². The number of benzene rings is 1. The summed E-state index contributed by atoms with van der Waals surface area (Å²) in [6.45, 7) is 2.46. The third kappa shape index (κ3) is 3.14. The minimum atomic E-state index is 0.441. The monoisotopic (exact) mass is 328 g/mol. The van der Waals surface area contributed by atoms with Crippen molar-refractivity contribution in [3.05, 3.63) is 41.0 Å². The summed E-state index contributed by atoms with van der Waals surface area (Å²) < 4.78 is 11.5. The first-order valence-electron chi connectivity index (χ1n) is 7.00. The number of fused-ring (bicyclic) bond motifs is 1. The molecule has 0 unspecified atom stereocenters. The van der Waals surface area contributed by atoms with Gasteiger partial charge < -0.3 is 9.47 Å². The van der Waals surface area contributed by atoms with E-state index < -0.39 is 0 Å². The largest absolute Gasteiger partial charge is 0.493 e. The fourth-order valence-electron chi connectivity index (χ4n) is 2.19. The van der Waals surface area contributed by atoms with Crippen molar-refractivity contribution in [3.8, 4) is 11.5 Å². The van der Waals surface area contributed by atoms with E-state index in [1.807, 2.05) is 30.5 Å². The number of hydrogen-bond donors (Lipinski definition) is 0. The van der Waals surface area contributed by atoms with Crippen molar-refractivity contribution in [1.82, 2.24) is 9.97 Å². The van der Waals surface area contributed by atoms with Crippen LogP contribution >= 0.6 is 11.3 Å². The molecule has 2 heterocycles.